The van der Waals surface area contributed by atoms with Gasteiger partial charge in [-0.1, -0.05) is 0 Å². The number of nitrogens with one attached hydrogen (secondary N) is 2. The summed E-state index contributed by atoms with van der Waals surface area (Å²) in [6, 6.07) is 11.2. The molecule has 0 bridgehead atoms. The molecular weight excluding hydrogens is 419 g/mol. The van der Waals surface area contributed by atoms with Crippen LogP contribution in [0.4, 0.5) is 20.6 Å². The molecule has 0 saturated carbocycles. The van der Waals surface area contributed by atoms with E-state index in [0.29, 0.717) is 29.6 Å². The van der Waals surface area contributed by atoms with Crippen LogP contribution in [0, 0.1) is 15.9 Å². The first-order valence-electron chi connectivity index (χ1n) is 10.1. The van der Waals surface area contributed by atoms with Gasteiger partial charge in [-0.3, -0.25) is 15.0 Å². The summed E-state index contributed by atoms with van der Waals surface area (Å²) >= 11 is 0. The molecule has 0 radical (unpaired) electrons. The van der Waals surface area contributed by atoms with Gasteiger partial charge in [0.1, 0.15) is 5.82 Å². The topological polar surface area (TPSA) is 126 Å². The number of anilines is 1. The molecule has 1 fully saturated rings. The van der Waals surface area contributed by atoms with Crippen LogP contribution in [0.15, 0.2) is 52.9 Å². The first kappa shape index (κ1) is 21.4. The van der Waals surface area contributed by atoms with E-state index in [2.05, 4.69) is 25.7 Å². The van der Waals surface area contributed by atoms with Crippen LogP contribution in [-0.4, -0.2) is 45.2 Å². The molecule has 10 nitrogen and oxygen atoms in total. The summed E-state index contributed by atoms with van der Waals surface area (Å²) in [5, 5.41) is 24.5. The monoisotopic (exact) mass is 440 g/mol. The van der Waals surface area contributed by atoms with E-state index in [1.54, 1.807) is 12.1 Å². The Morgan fingerprint density at radius 3 is 2.47 bits per heavy atom. The SMILES string of the molecule is O=C(Nc1ccc(F)cc1)NC1CCN(Cc2nnc(-c3ccc([N+](=O)[O-])cc3)o2)CC1. The van der Waals surface area contributed by atoms with Gasteiger partial charge in [-0.15, -0.1) is 10.2 Å². The fourth-order valence-corrected chi connectivity index (χ4v) is 3.47. The van der Waals surface area contributed by atoms with Crippen LogP contribution in [0.3, 0.4) is 0 Å². The number of aromatic nitrogens is 2. The van der Waals surface area contributed by atoms with Gasteiger partial charge in [-0.2, -0.15) is 0 Å². The molecule has 0 spiro atoms. The lowest BCUT2D eigenvalue weighted by Gasteiger charge is -2.31. The minimum Gasteiger partial charge on any atom is -0.419 e. The van der Waals surface area contributed by atoms with Gasteiger partial charge in [-0.05, 0) is 49.2 Å². The van der Waals surface area contributed by atoms with Gasteiger partial charge in [0.25, 0.3) is 5.69 Å². The molecular formula is C21H21FN6O4. The van der Waals surface area contributed by atoms with Gasteiger partial charge in [0.2, 0.25) is 11.8 Å². The van der Waals surface area contributed by atoms with Crippen LogP contribution in [0.2, 0.25) is 0 Å². The number of benzene rings is 2. The number of hydrogen-bond donors (Lipinski definition) is 2. The van der Waals surface area contributed by atoms with Crippen molar-refractivity contribution in [2.75, 3.05) is 18.4 Å². The largest absolute Gasteiger partial charge is 0.419 e. The predicted octanol–water partition coefficient (Wildman–Crippen LogP) is 3.57. The maximum atomic E-state index is 12.9. The summed E-state index contributed by atoms with van der Waals surface area (Å²) in [6.45, 7) is 1.97. The second-order valence-electron chi connectivity index (χ2n) is 7.46. The van der Waals surface area contributed by atoms with Crippen molar-refractivity contribution >= 4 is 17.4 Å². The maximum Gasteiger partial charge on any atom is 0.319 e. The highest BCUT2D eigenvalue weighted by atomic mass is 19.1. The third-order valence-electron chi connectivity index (χ3n) is 5.18. The van der Waals surface area contributed by atoms with Crippen molar-refractivity contribution < 1.29 is 18.5 Å². The van der Waals surface area contributed by atoms with Gasteiger partial charge >= 0.3 is 6.03 Å². The third kappa shape index (κ3) is 5.43. The number of nitro benzene ring substituents is 1. The van der Waals surface area contributed by atoms with E-state index >= 15 is 0 Å². The number of rotatable bonds is 6. The number of non-ortho nitro benzene ring substituents is 1. The lowest BCUT2D eigenvalue weighted by atomic mass is 10.1. The van der Waals surface area contributed by atoms with Gasteiger partial charge in [0.15, 0.2) is 0 Å². The third-order valence-corrected chi connectivity index (χ3v) is 5.18. The Morgan fingerprint density at radius 2 is 1.81 bits per heavy atom. The number of amides is 2. The summed E-state index contributed by atoms with van der Waals surface area (Å²) in [5.74, 6) is 0.409. The standard InChI is InChI=1S/C21H21FN6O4/c22-15-3-5-16(6-4-15)23-21(29)24-17-9-11-27(12-10-17)13-19-25-26-20(32-19)14-1-7-18(8-2-14)28(30)31/h1-8,17H,9-13H2,(H2,23,24,29). The van der Waals surface area contributed by atoms with E-state index in [-0.39, 0.29) is 23.6 Å². The number of carbonyl (C=O) groups excluding carboxylic acids is 1. The number of hydrogen-bond acceptors (Lipinski definition) is 7. The molecule has 1 aliphatic heterocycles. The molecule has 1 aliphatic rings. The minimum atomic E-state index is -0.464. The predicted molar refractivity (Wildman–Crippen MR) is 113 cm³/mol. The molecule has 2 heterocycles. The molecule has 2 aromatic carbocycles. The molecule has 4 rings (SSSR count). The Hall–Kier alpha value is -3.86. The van der Waals surface area contributed by atoms with Crippen LogP contribution in [0.25, 0.3) is 11.5 Å². The lowest BCUT2D eigenvalue weighted by molar-refractivity contribution is -0.384. The summed E-state index contributed by atoms with van der Waals surface area (Å²) in [5.41, 5.74) is 1.14. The van der Waals surface area contributed by atoms with Gasteiger partial charge in [-0.25, -0.2) is 9.18 Å². The summed E-state index contributed by atoms with van der Waals surface area (Å²) in [7, 11) is 0. The Bertz CT molecular complexity index is 1080. The molecule has 0 aliphatic carbocycles. The molecule has 11 heteroatoms. The zero-order valence-electron chi connectivity index (χ0n) is 17.0. The Balaban J connectivity index is 1.24. The van der Waals surface area contributed by atoms with Crippen LogP contribution in [0.1, 0.15) is 18.7 Å². The zero-order valence-corrected chi connectivity index (χ0v) is 17.0. The maximum absolute atomic E-state index is 12.9. The number of nitro groups is 1. The number of nitrogens with zero attached hydrogens (tertiary/aromatic N) is 4. The first-order valence-corrected chi connectivity index (χ1v) is 10.1. The molecule has 2 N–H and O–H groups in total. The van der Waals surface area contributed by atoms with Gasteiger partial charge in [0.05, 0.1) is 11.5 Å². The summed E-state index contributed by atoms with van der Waals surface area (Å²) in [4.78, 5) is 24.6. The molecule has 2 amide bonds. The van der Waals surface area contributed by atoms with E-state index in [9.17, 15) is 19.3 Å². The van der Waals surface area contributed by atoms with Crippen molar-refractivity contribution in [3.8, 4) is 11.5 Å². The molecule has 3 aromatic rings. The van der Waals surface area contributed by atoms with Crippen LogP contribution in [0.5, 0.6) is 0 Å². The van der Waals surface area contributed by atoms with Crippen molar-refractivity contribution in [1.29, 1.82) is 0 Å². The van der Waals surface area contributed by atoms with Crippen LogP contribution >= 0.6 is 0 Å². The zero-order chi connectivity index (χ0) is 22.5. The van der Waals surface area contributed by atoms with Crippen molar-refractivity contribution in [1.82, 2.24) is 20.4 Å². The highest BCUT2D eigenvalue weighted by molar-refractivity contribution is 5.89. The van der Waals surface area contributed by atoms with Gasteiger partial charge < -0.3 is 15.1 Å². The van der Waals surface area contributed by atoms with Crippen LogP contribution < -0.4 is 10.6 Å². The Kier molecular flexibility index (Phi) is 6.36. The molecule has 1 aromatic heterocycles. The van der Waals surface area contributed by atoms with Crippen molar-refractivity contribution in [3.05, 3.63) is 70.4 Å². The molecule has 0 unspecified atom stereocenters. The van der Waals surface area contributed by atoms with Crippen LogP contribution in [-0.2, 0) is 6.54 Å². The number of urea groups is 1. The second-order valence-corrected chi connectivity index (χ2v) is 7.46. The fourth-order valence-electron chi connectivity index (χ4n) is 3.47. The van der Waals surface area contributed by atoms with E-state index in [4.69, 9.17) is 4.42 Å². The highest BCUT2D eigenvalue weighted by Gasteiger charge is 2.22. The van der Waals surface area contributed by atoms with Crippen molar-refractivity contribution in [3.63, 3.8) is 0 Å². The fraction of sp³-hybridized carbons (Fsp3) is 0.286. The van der Waals surface area contributed by atoms with Gasteiger partial charge in [0, 0.05) is 42.5 Å². The lowest BCUT2D eigenvalue weighted by Crippen LogP contribution is -2.45. The smallest absolute Gasteiger partial charge is 0.319 e. The Morgan fingerprint density at radius 1 is 1.12 bits per heavy atom. The molecule has 166 valence electrons. The molecule has 32 heavy (non-hydrogen) atoms. The van der Waals surface area contributed by atoms with E-state index in [1.165, 1.54) is 36.4 Å². The average molecular weight is 440 g/mol. The molecule has 1 saturated heterocycles. The quantitative estimate of drug-likeness (QED) is 0.443. The van der Waals surface area contributed by atoms with Crippen molar-refractivity contribution in [2.45, 2.75) is 25.4 Å². The number of carbonyl (C=O) groups is 1. The van der Waals surface area contributed by atoms with E-state index < -0.39 is 4.92 Å². The Labute approximate surface area is 182 Å². The molecule has 0 atom stereocenters. The number of halogens is 1. The minimum absolute atomic E-state index is 0.00341. The number of likely N-dealkylation sites (tertiary alicyclic amines) is 1. The van der Waals surface area contributed by atoms with E-state index in [0.717, 1.165) is 25.9 Å². The first-order chi connectivity index (χ1) is 15.5. The summed E-state index contributed by atoms with van der Waals surface area (Å²) in [6.07, 6.45) is 1.53. The normalized spacial score (nSPS) is 14.8. The highest BCUT2D eigenvalue weighted by Crippen LogP contribution is 2.22. The second kappa shape index (κ2) is 9.52. The average Bonchev–Trinajstić information content (AvgIpc) is 3.25. The van der Waals surface area contributed by atoms with Crippen molar-refractivity contribution in [2.24, 2.45) is 0 Å². The summed E-state index contributed by atoms with van der Waals surface area (Å²) < 4.78 is 18.6. The van der Waals surface area contributed by atoms with E-state index in [1.807, 2.05) is 0 Å². The number of piperidine rings is 1.